The van der Waals surface area contributed by atoms with Crippen molar-refractivity contribution in [3.63, 3.8) is 0 Å². The zero-order valence-corrected chi connectivity index (χ0v) is 9.62. The summed E-state index contributed by atoms with van der Waals surface area (Å²) in [6.07, 6.45) is -4.28. The van der Waals surface area contributed by atoms with Crippen LogP contribution in [0.1, 0.15) is 13.8 Å². The molecule has 8 heteroatoms. The third-order valence-corrected chi connectivity index (χ3v) is 2.55. The second-order valence-corrected chi connectivity index (χ2v) is 4.10. The summed E-state index contributed by atoms with van der Waals surface area (Å²) in [5.41, 5.74) is 0. The van der Waals surface area contributed by atoms with Gasteiger partial charge in [-0.25, -0.2) is 0 Å². The lowest BCUT2D eigenvalue weighted by Crippen LogP contribution is -2.39. The maximum absolute atomic E-state index is 12.3. The molecule has 0 aliphatic carbocycles. The molecule has 1 heterocycles. The molecule has 1 aromatic rings. The van der Waals surface area contributed by atoms with Gasteiger partial charge in [0.25, 0.3) is 0 Å². The van der Waals surface area contributed by atoms with E-state index in [1.54, 1.807) is 13.8 Å². The molecule has 0 atom stereocenters. The zero-order valence-electron chi connectivity index (χ0n) is 8.05. The lowest BCUT2D eigenvalue weighted by molar-refractivity contribution is -0.120. The second kappa shape index (κ2) is 4.52. The minimum absolute atomic E-state index is 0.0120. The number of hydrogen-bond donors (Lipinski definition) is 0. The topological polar surface area (TPSA) is 29.0 Å². The summed E-state index contributed by atoms with van der Waals surface area (Å²) in [7, 11) is 0. The highest BCUT2D eigenvalue weighted by Gasteiger charge is 2.33. The van der Waals surface area contributed by atoms with Crippen molar-refractivity contribution >= 4 is 29.1 Å². The Hall–Kier alpha value is -0.560. The molecular formula is C7H9ClF3N3S. The van der Waals surface area contributed by atoms with E-state index in [9.17, 15) is 13.2 Å². The molecule has 0 unspecified atom stereocenters. The molecule has 0 aliphatic rings. The molecule has 0 saturated heterocycles. The first kappa shape index (κ1) is 12.5. The van der Waals surface area contributed by atoms with Gasteiger partial charge in [0.05, 0.1) is 11.7 Å². The Morgan fingerprint density at radius 3 is 2.33 bits per heavy atom. The number of halogens is 4. The summed E-state index contributed by atoms with van der Waals surface area (Å²) in [6.45, 7) is 2.21. The Morgan fingerprint density at radius 2 is 2.00 bits per heavy atom. The van der Waals surface area contributed by atoms with Gasteiger partial charge >= 0.3 is 6.18 Å². The molecule has 3 nitrogen and oxygen atoms in total. The fourth-order valence-corrected chi connectivity index (χ4v) is 1.80. The highest BCUT2D eigenvalue weighted by atomic mass is 35.5. The second-order valence-electron chi connectivity index (χ2n) is 3.22. The summed E-state index contributed by atoms with van der Waals surface area (Å²) < 4.78 is 44.2. The molecule has 0 fully saturated rings. The van der Waals surface area contributed by atoms with Gasteiger partial charge in [0.15, 0.2) is 11.0 Å². The average Bonchev–Trinajstić information content (AvgIpc) is 2.45. The third-order valence-electron chi connectivity index (χ3n) is 1.68. The predicted molar refractivity (Wildman–Crippen MR) is 53.5 cm³/mol. The minimum atomic E-state index is -4.28. The van der Waals surface area contributed by atoms with Gasteiger partial charge in [0.1, 0.15) is 6.54 Å². The van der Waals surface area contributed by atoms with Gasteiger partial charge in [-0.15, -0.1) is 0 Å². The summed E-state index contributed by atoms with van der Waals surface area (Å²) in [5, 5.41) is 0.0120. The largest absolute Gasteiger partial charge is 0.405 e. The van der Waals surface area contributed by atoms with E-state index in [1.165, 1.54) is 0 Å². The van der Waals surface area contributed by atoms with Gasteiger partial charge in [-0.3, -0.25) is 0 Å². The van der Waals surface area contributed by atoms with E-state index in [-0.39, 0.29) is 17.0 Å². The van der Waals surface area contributed by atoms with Crippen molar-refractivity contribution in [3.05, 3.63) is 5.15 Å². The van der Waals surface area contributed by atoms with Crippen molar-refractivity contribution in [2.24, 2.45) is 0 Å². The van der Waals surface area contributed by atoms with Crippen LogP contribution in [0.2, 0.25) is 5.15 Å². The number of rotatable bonds is 3. The van der Waals surface area contributed by atoms with E-state index in [0.717, 1.165) is 16.6 Å². The van der Waals surface area contributed by atoms with E-state index in [0.29, 0.717) is 0 Å². The Kier molecular flexibility index (Phi) is 3.77. The van der Waals surface area contributed by atoms with Crippen LogP contribution in [0.3, 0.4) is 0 Å². The molecule has 0 spiro atoms. The van der Waals surface area contributed by atoms with E-state index >= 15 is 0 Å². The van der Waals surface area contributed by atoms with Crippen LogP contribution in [0, 0.1) is 0 Å². The normalized spacial score (nSPS) is 12.2. The van der Waals surface area contributed by atoms with Crippen LogP contribution in [0.15, 0.2) is 0 Å². The molecule has 1 rings (SSSR count). The van der Waals surface area contributed by atoms with Crippen LogP contribution in [-0.2, 0) is 0 Å². The SMILES string of the molecule is CC(C)N(CC(F)(F)F)c1nsnc1Cl. The lowest BCUT2D eigenvalue weighted by atomic mass is 10.3. The van der Waals surface area contributed by atoms with E-state index in [1.807, 2.05) is 0 Å². The molecule has 86 valence electrons. The fraction of sp³-hybridized carbons (Fsp3) is 0.714. The summed E-state index contributed by atoms with van der Waals surface area (Å²) >= 11 is 6.43. The van der Waals surface area contributed by atoms with Crippen molar-refractivity contribution in [2.45, 2.75) is 26.1 Å². The van der Waals surface area contributed by atoms with Gasteiger partial charge in [-0.1, -0.05) is 11.6 Å². The van der Waals surface area contributed by atoms with E-state index < -0.39 is 12.7 Å². The van der Waals surface area contributed by atoms with Crippen LogP contribution in [-0.4, -0.2) is 27.5 Å². The lowest BCUT2D eigenvalue weighted by Gasteiger charge is -2.27. The number of alkyl halides is 3. The summed E-state index contributed by atoms with van der Waals surface area (Å²) in [4.78, 5) is 1.08. The van der Waals surface area contributed by atoms with Crippen LogP contribution >= 0.6 is 23.3 Å². The minimum Gasteiger partial charge on any atom is -0.342 e. The quantitative estimate of drug-likeness (QED) is 0.836. The van der Waals surface area contributed by atoms with Crippen molar-refractivity contribution in [2.75, 3.05) is 11.4 Å². The first-order chi connectivity index (χ1) is 6.81. The van der Waals surface area contributed by atoms with E-state index in [2.05, 4.69) is 8.75 Å². The molecule has 15 heavy (non-hydrogen) atoms. The number of nitrogens with zero attached hydrogens (tertiary/aromatic N) is 3. The first-order valence-corrected chi connectivity index (χ1v) is 5.23. The third kappa shape index (κ3) is 3.49. The zero-order chi connectivity index (χ0) is 11.6. The van der Waals surface area contributed by atoms with Gasteiger partial charge in [-0.2, -0.15) is 21.9 Å². The van der Waals surface area contributed by atoms with Gasteiger partial charge in [0, 0.05) is 6.04 Å². The average molecular weight is 260 g/mol. The maximum Gasteiger partial charge on any atom is 0.405 e. The Labute approximate surface area is 94.2 Å². The Morgan fingerprint density at radius 1 is 1.40 bits per heavy atom. The number of hydrogen-bond acceptors (Lipinski definition) is 4. The molecule has 0 bridgehead atoms. The van der Waals surface area contributed by atoms with Crippen molar-refractivity contribution in [1.82, 2.24) is 8.75 Å². The molecule has 0 amide bonds. The van der Waals surface area contributed by atoms with Crippen LogP contribution in [0.25, 0.3) is 0 Å². The molecule has 0 radical (unpaired) electrons. The smallest absolute Gasteiger partial charge is 0.342 e. The highest BCUT2D eigenvalue weighted by molar-refractivity contribution is 6.99. The monoisotopic (exact) mass is 259 g/mol. The van der Waals surface area contributed by atoms with Gasteiger partial charge < -0.3 is 4.90 Å². The van der Waals surface area contributed by atoms with Crippen molar-refractivity contribution in [1.29, 1.82) is 0 Å². The molecule has 0 N–H and O–H groups in total. The van der Waals surface area contributed by atoms with Gasteiger partial charge in [0.2, 0.25) is 0 Å². The standard InChI is InChI=1S/C7H9ClF3N3S/c1-4(2)14(3-7(9,10)11)6-5(8)12-15-13-6/h4H,3H2,1-2H3. The Bertz CT molecular complexity index is 326. The molecule has 0 saturated carbocycles. The molecule has 0 aliphatic heterocycles. The molecule has 1 aromatic heterocycles. The summed E-state index contributed by atoms with van der Waals surface area (Å²) in [5.74, 6) is 0.0917. The number of aromatic nitrogens is 2. The number of anilines is 1. The van der Waals surface area contributed by atoms with Gasteiger partial charge in [-0.05, 0) is 13.8 Å². The molecule has 0 aromatic carbocycles. The van der Waals surface area contributed by atoms with Crippen LogP contribution in [0.4, 0.5) is 19.0 Å². The first-order valence-electron chi connectivity index (χ1n) is 4.12. The van der Waals surface area contributed by atoms with Crippen LogP contribution < -0.4 is 4.90 Å². The predicted octanol–water partition coefficient (Wildman–Crippen LogP) is 2.97. The summed E-state index contributed by atoms with van der Waals surface area (Å²) in [6, 6.07) is -0.340. The maximum atomic E-state index is 12.3. The van der Waals surface area contributed by atoms with Crippen molar-refractivity contribution < 1.29 is 13.2 Å². The highest BCUT2D eigenvalue weighted by Crippen LogP contribution is 2.28. The fourth-order valence-electron chi connectivity index (χ4n) is 1.04. The van der Waals surface area contributed by atoms with Crippen molar-refractivity contribution in [3.8, 4) is 0 Å². The molecular weight excluding hydrogens is 251 g/mol. The van der Waals surface area contributed by atoms with E-state index in [4.69, 9.17) is 11.6 Å². The Balaban J connectivity index is 2.89. The van der Waals surface area contributed by atoms with Crippen LogP contribution in [0.5, 0.6) is 0 Å².